The smallest absolute Gasteiger partial charge is 0.177 e. The maximum absolute atomic E-state index is 9.15. The predicted molar refractivity (Wildman–Crippen MR) is 37.9 cm³/mol. The van der Waals surface area contributed by atoms with Crippen molar-refractivity contribution in [2.75, 3.05) is 13.7 Å². The fraction of sp³-hybridized carbons (Fsp3) is 0.714. The predicted octanol–water partition coefficient (Wildman–Crippen LogP) is -0.733. The Balaban J connectivity index is 2.52. The second-order valence-corrected chi connectivity index (χ2v) is 2.34. The number of hydrogen-bond donors (Lipinski definition) is 2. The van der Waals surface area contributed by atoms with Crippen molar-refractivity contribution in [3.8, 4) is 0 Å². The third-order valence-corrected chi connectivity index (χ3v) is 1.57. The molecule has 0 aromatic rings. The first-order valence-electron chi connectivity index (χ1n) is 3.43. The summed E-state index contributed by atoms with van der Waals surface area (Å²) in [5, 5.41) is 17.9. The highest BCUT2D eigenvalue weighted by Gasteiger charge is 2.24. The van der Waals surface area contributed by atoms with Crippen LogP contribution in [0.2, 0.25) is 0 Å². The Morgan fingerprint density at radius 1 is 1.55 bits per heavy atom. The Morgan fingerprint density at radius 2 is 2.27 bits per heavy atom. The Morgan fingerprint density at radius 3 is 2.82 bits per heavy atom. The van der Waals surface area contributed by atoms with Crippen LogP contribution in [0.4, 0.5) is 0 Å². The van der Waals surface area contributed by atoms with Crippen LogP contribution in [0.5, 0.6) is 0 Å². The number of rotatable bonds is 2. The van der Waals surface area contributed by atoms with Crippen molar-refractivity contribution in [1.29, 1.82) is 0 Å². The van der Waals surface area contributed by atoms with E-state index in [1.54, 1.807) is 12.2 Å². The summed E-state index contributed by atoms with van der Waals surface area (Å²) < 4.78 is 9.93. The van der Waals surface area contributed by atoms with Crippen molar-refractivity contribution in [3.05, 3.63) is 12.2 Å². The molecule has 1 aliphatic heterocycles. The van der Waals surface area contributed by atoms with Gasteiger partial charge in [0.1, 0.15) is 12.2 Å². The van der Waals surface area contributed by atoms with Gasteiger partial charge in [0.05, 0.1) is 6.61 Å². The van der Waals surface area contributed by atoms with Crippen LogP contribution in [0.3, 0.4) is 0 Å². The lowest BCUT2D eigenvalue weighted by Crippen LogP contribution is -2.38. The summed E-state index contributed by atoms with van der Waals surface area (Å²) in [6.45, 7) is -0.203. The van der Waals surface area contributed by atoms with Crippen LogP contribution in [0.1, 0.15) is 0 Å². The molecule has 0 aromatic heterocycles. The summed E-state index contributed by atoms with van der Waals surface area (Å²) in [5.41, 5.74) is 0. The van der Waals surface area contributed by atoms with Gasteiger partial charge in [0, 0.05) is 7.11 Å². The molecular formula is C7H12O4. The topological polar surface area (TPSA) is 58.9 Å². The number of aliphatic hydroxyl groups is 2. The van der Waals surface area contributed by atoms with E-state index in [2.05, 4.69) is 0 Å². The molecule has 1 heterocycles. The van der Waals surface area contributed by atoms with Gasteiger partial charge < -0.3 is 19.7 Å². The first kappa shape index (κ1) is 8.67. The molecule has 0 bridgehead atoms. The molecule has 1 aliphatic rings. The van der Waals surface area contributed by atoms with Gasteiger partial charge in [0.15, 0.2) is 6.29 Å². The molecule has 4 heteroatoms. The highest BCUT2D eigenvalue weighted by molar-refractivity contribution is 4.99. The summed E-state index contributed by atoms with van der Waals surface area (Å²) in [6, 6.07) is 0. The normalized spacial score (nSPS) is 37.5. The zero-order chi connectivity index (χ0) is 8.27. The standard InChI is InChI=1S/C7H12O4/c1-10-7-3-2-5(9)6(4-8)11-7/h2-3,5-9H,4H2,1H3/t5-,6+,7-/m0/s1. The quantitative estimate of drug-likeness (QED) is 0.523. The van der Waals surface area contributed by atoms with E-state index in [1.807, 2.05) is 0 Å². The van der Waals surface area contributed by atoms with Crippen LogP contribution >= 0.6 is 0 Å². The molecule has 0 unspecified atom stereocenters. The van der Waals surface area contributed by atoms with Gasteiger partial charge in [-0.15, -0.1) is 0 Å². The van der Waals surface area contributed by atoms with Gasteiger partial charge in [-0.1, -0.05) is 6.08 Å². The fourth-order valence-corrected chi connectivity index (χ4v) is 0.912. The molecule has 1 rings (SSSR count). The largest absolute Gasteiger partial charge is 0.394 e. The Bertz CT molecular complexity index is 145. The van der Waals surface area contributed by atoms with Gasteiger partial charge >= 0.3 is 0 Å². The number of aliphatic hydroxyl groups excluding tert-OH is 2. The van der Waals surface area contributed by atoms with Crippen molar-refractivity contribution in [2.24, 2.45) is 0 Å². The minimum Gasteiger partial charge on any atom is -0.394 e. The minimum atomic E-state index is -0.730. The van der Waals surface area contributed by atoms with Crippen molar-refractivity contribution in [3.63, 3.8) is 0 Å². The molecule has 2 N–H and O–H groups in total. The Kier molecular flexibility index (Phi) is 3.02. The van der Waals surface area contributed by atoms with Crippen molar-refractivity contribution < 1.29 is 19.7 Å². The maximum Gasteiger partial charge on any atom is 0.177 e. The van der Waals surface area contributed by atoms with Crippen LogP contribution in [-0.4, -0.2) is 42.4 Å². The second-order valence-electron chi connectivity index (χ2n) is 2.34. The van der Waals surface area contributed by atoms with Crippen molar-refractivity contribution in [1.82, 2.24) is 0 Å². The average molecular weight is 160 g/mol. The van der Waals surface area contributed by atoms with Gasteiger partial charge in [0.25, 0.3) is 0 Å². The molecule has 0 saturated heterocycles. The van der Waals surface area contributed by atoms with Gasteiger partial charge in [-0.2, -0.15) is 0 Å². The highest BCUT2D eigenvalue weighted by Crippen LogP contribution is 2.12. The summed E-state index contributed by atoms with van der Waals surface area (Å²) >= 11 is 0. The van der Waals surface area contributed by atoms with E-state index < -0.39 is 18.5 Å². The van der Waals surface area contributed by atoms with Gasteiger partial charge in [-0.25, -0.2) is 0 Å². The molecular weight excluding hydrogens is 148 g/mol. The third kappa shape index (κ3) is 2.00. The lowest BCUT2D eigenvalue weighted by molar-refractivity contribution is -0.168. The van der Waals surface area contributed by atoms with Gasteiger partial charge in [-0.3, -0.25) is 0 Å². The molecule has 0 saturated carbocycles. The maximum atomic E-state index is 9.15. The van der Waals surface area contributed by atoms with E-state index in [4.69, 9.17) is 19.7 Å². The van der Waals surface area contributed by atoms with Gasteiger partial charge in [0.2, 0.25) is 0 Å². The van der Waals surface area contributed by atoms with Crippen LogP contribution in [0.25, 0.3) is 0 Å². The van der Waals surface area contributed by atoms with Crippen LogP contribution in [0, 0.1) is 0 Å². The van der Waals surface area contributed by atoms with Crippen molar-refractivity contribution in [2.45, 2.75) is 18.5 Å². The number of methoxy groups -OCH3 is 1. The molecule has 0 aromatic carbocycles. The molecule has 0 aliphatic carbocycles. The average Bonchev–Trinajstić information content (AvgIpc) is 2.05. The van der Waals surface area contributed by atoms with E-state index in [-0.39, 0.29) is 6.61 Å². The monoisotopic (exact) mass is 160 g/mol. The zero-order valence-corrected chi connectivity index (χ0v) is 6.30. The number of ether oxygens (including phenoxy) is 2. The Hall–Kier alpha value is -0.420. The van der Waals surface area contributed by atoms with E-state index >= 15 is 0 Å². The SMILES string of the molecule is CO[C@@H]1C=C[C@H](O)[C@@H](CO)O1. The summed E-state index contributed by atoms with van der Waals surface area (Å²) in [7, 11) is 1.50. The molecule has 11 heavy (non-hydrogen) atoms. The number of hydrogen-bond acceptors (Lipinski definition) is 4. The van der Waals surface area contributed by atoms with E-state index in [0.717, 1.165) is 0 Å². The van der Waals surface area contributed by atoms with E-state index in [1.165, 1.54) is 7.11 Å². The van der Waals surface area contributed by atoms with E-state index in [9.17, 15) is 0 Å². The van der Waals surface area contributed by atoms with Crippen LogP contribution in [0.15, 0.2) is 12.2 Å². The molecule has 0 spiro atoms. The first-order valence-corrected chi connectivity index (χ1v) is 3.43. The van der Waals surface area contributed by atoms with Gasteiger partial charge in [-0.05, 0) is 6.08 Å². The minimum absolute atomic E-state index is 0.203. The van der Waals surface area contributed by atoms with Crippen LogP contribution < -0.4 is 0 Å². The molecule has 4 nitrogen and oxygen atoms in total. The molecule has 3 atom stereocenters. The lowest BCUT2D eigenvalue weighted by atomic mass is 10.1. The summed E-state index contributed by atoms with van der Waals surface area (Å²) in [5.74, 6) is 0. The summed E-state index contributed by atoms with van der Waals surface area (Å²) in [6.07, 6.45) is 1.42. The van der Waals surface area contributed by atoms with Crippen molar-refractivity contribution >= 4 is 0 Å². The lowest BCUT2D eigenvalue weighted by Gasteiger charge is -2.27. The fourth-order valence-electron chi connectivity index (χ4n) is 0.912. The summed E-state index contributed by atoms with van der Waals surface area (Å²) in [4.78, 5) is 0. The zero-order valence-electron chi connectivity index (χ0n) is 6.30. The first-order chi connectivity index (χ1) is 5.27. The highest BCUT2D eigenvalue weighted by atomic mass is 16.7. The van der Waals surface area contributed by atoms with Crippen LogP contribution in [-0.2, 0) is 9.47 Å². The second kappa shape index (κ2) is 3.82. The van der Waals surface area contributed by atoms with E-state index in [0.29, 0.717) is 0 Å². The Labute approximate surface area is 65.0 Å². The molecule has 64 valence electrons. The molecule has 0 amide bonds. The molecule has 0 fully saturated rings. The third-order valence-electron chi connectivity index (χ3n) is 1.57. The molecule has 0 radical (unpaired) electrons.